The molecule has 1 aliphatic rings. The van der Waals surface area contributed by atoms with Crippen LogP contribution in [-0.2, 0) is 16.9 Å². The molecule has 2 heterocycles. The first-order chi connectivity index (χ1) is 13.8. The van der Waals surface area contributed by atoms with E-state index in [0.29, 0.717) is 5.75 Å². The third kappa shape index (κ3) is 3.63. The number of hydrogen-bond donors (Lipinski definition) is 1. The molecule has 0 bridgehead atoms. The first-order valence-corrected chi connectivity index (χ1v) is 10.1. The number of fused-ring (bicyclic) bond motifs is 6. The number of aromatic nitrogens is 1. The number of phenols is 1. The van der Waals surface area contributed by atoms with Crippen molar-refractivity contribution in [3.63, 3.8) is 0 Å². The Morgan fingerprint density at radius 2 is 1.72 bits per heavy atom. The van der Waals surface area contributed by atoms with Crippen LogP contribution >= 0.6 is 0 Å². The molecule has 0 amide bonds. The van der Waals surface area contributed by atoms with Crippen molar-refractivity contribution in [1.82, 2.24) is 0 Å². The number of ether oxygens (including phenoxy) is 2. The Morgan fingerprint density at radius 3 is 2.41 bits per heavy atom. The summed E-state index contributed by atoms with van der Waals surface area (Å²) in [6.45, 7) is 3.19. The molecular weight excluding hydrogens is 398 g/mol. The van der Waals surface area contributed by atoms with Gasteiger partial charge in [0.05, 0.1) is 16.2 Å². The Labute approximate surface area is 167 Å². The fourth-order valence-corrected chi connectivity index (χ4v) is 3.62. The zero-order valence-electron chi connectivity index (χ0n) is 16.3. The van der Waals surface area contributed by atoms with Gasteiger partial charge in [-0.15, -0.1) is 0 Å². The normalized spacial score (nSPS) is 12.9. The highest BCUT2D eigenvalue weighted by Crippen LogP contribution is 2.39. The molecule has 0 spiro atoms. The summed E-state index contributed by atoms with van der Waals surface area (Å²) < 4.78 is 47.3. The van der Waals surface area contributed by atoms with Gasteiger partial charge >= 0.3 is 1.43 Å². The van der Waals surface area contributed by atoms with Gasteiger partial charge in [-0.3, -0.25) is 8.42 Å². The molecule has 1 aromatic heterocycles. The summed E-state index contributed by atoms with van der Waals surface area (Å²) in [5.74, 6) is 1.89. The molecule has 0 aliphatic carbocycles. The minimum absolute atomic E-state index is 0. The number of hydrogen-bond acceptors (Lipinski definition) is 7. The van der Waals surface area contributed by atoms with Gasteiger partial charge in [0.25, 0.3) is 0 Å². The van der Waals surface area contributed by atoms with Crippen molar-refractivity contribution in [3.8, 4) is 17.2 Å². The number of pyridine rings is 1. The van der Waals surface area contributed by atoms with Crippen LogP contribution < -0.4 is 14.0 Å². The van der Waals surface area contributed by atoms with E-state index in [1.165, 1.54) is 0 Å². The lowest BCUT2D eigenvalue weighted by Gasteiger charge is -2.09. The van der Waals surface area contributed by atoms with Crippen LogP contribution in [0.1, 0.15) is 8.35 Å². The summed E-state index contributed by atoms with van der Waals surface area (Å²) in [5.41, 5.74) is 1.14. The standard InChI is InChI=1S/C20H15NO3.H2O4S/c1-2-21-10-16-13(4-3-5-17(16)22)14-7-6-12-8-18-19(24-11-23-18)9-15(12)20(14)21;1-5(2,3)4/h3-10H,2,11H2,1H3;(H2,1,2,3,4). The van der Waals surface area contributed by atoms with Crippen LogP contribution in [0.5, 0.6) is 17.2 Å². The Bertz CT molecular complexity index is 1360. The number of nitrogens with zero attached hydrogens (tertiary/aromatic N) is 1. The van der Waals surface area contributed by atoms with Gasteiger partial charge in [0, 0.05) is 15.8 Å². The van der Waals surface area contributed by atoms with Crippen molar-refractivity contribution in [3.05, 3.63) is 48.7 Å². The van der Waals surface area contributed by atoms with Gasteiger partial charge in [-0.05, 0) is 36.6 Å². The highest BCUT2D eigenvalue weighted by molar-refractivity contribution is 7.79. The van der Waals surface area contributed by atoms with Crippen LogP contribution in [0.3, 0.4) is 0 Å². The molecule has 3 aromatic carbocycles. The molecule has 5 rings (SSSR count). The zero-order valence-corrected chi connectivity index (χ0v) is 16.1. The van der Waals surface area contributed by atoms with E-state index in [1.54, 1.807) is 6.07 Å². The van der Waals surface area contributed by atoms with Gasteiger partial charge in [-0.1, -0.05) is 18.2 Å². The second kappa shape index (κ2) is 7.03. The molecule has 4 aromatic rings. The van der Waals surface area contributed by atoms with E-state index in [1.807, 2.05) is 18.3 Å². The van der Waals surface area contributed by atoms with Crippen LogP contribution in [0.4, 0.5) is 0 Å². The van der Waals surface area contributed by atoms with Crippen LogP contribution in [0.25, 0.3) is 32.4 Å². The zero-order chi connectivity index (χ0) is 20.8. The van der Waals surface area contributed by atoms with Gasteiger partial charge in [-0.25, -0.2) is 0 Å². The first kappa shape index (κ1) is 19.2. The van der Waals surface area contributed by atoms with Crippen molar-refractivity contribution in [1.29, 1.82) is 0 Å². The molecule has 8 nitrogen and oxygen atoms in total. The quantitative estimate of drug-likeness (QED) is 0.219. The number of benzene rings is 3. The molecule has 1 aliphatic heterocycles. The number of rotatable bonds is 1. The maximum absolute atomic E-state index is 10.2. The van der Waals surface area contributed by atoms with E-state index < -0.39 is 10.4 Å². The molecule has 150 valence electrons. The van der Waals surface area contributed by atoms with Crippen molar-refractivity contribution in [2.24, 2.45) is 0 Å². The maximum Gasteiger partial charge on any atom is 1.00 e. The van der Waals surface area contributed by atoms with Gasteiger partial charge < -0.3 is 23.7 Å². The third-order valence-corrected chi connectivity index (χ3v) is 4.77. The van der Waals surface area contributed by atoms with Gasteiger partial charge in [0.1, 0.15) is 12.3 Å². The second-order valence-corrected chi connectivity index (χ2v) is 7.27. The summed E-state index contributed by atoms with van der Waals surface area (Å²) in [5, 5.41) is 15.5. The van der Waals surface area contributed by atoms with Gasteiger partial charge in [0.2, 0.25) is 12.3 Å². The Kier molecular flexibility index (Phi) is 4.65. The fraction of sp³-hybridized carbons (Fsp3) is 0.150. The topological polar surface area (TPSA) is 123 Å². The molecule has 0 saturated carbocycles. The molecule has 0 atom stereocenters. The maximum atomic E-state index is 10.2. The SMILES string of the molecule is CC[n+]1cc2c(O)cccc2c2ccc3cc4c(cc3c21)OCO4.O=S(=O)([O-])[O-].[H+]. The Morgan fingerprint density at radius 1 is 1.03 bits per heavy atom. The predicted octanol–water partition coefficient (Wildman–Crippen LogP) is 2.66. The summed E-state index contributed by atoms with van der Waals surface area (Å²) in [6.07, 6.45) is 2.02. The fourth-order valence-electron chi connectivity index (χ4n) is 3.62. The van der Waals surface area contributed by atoms with Crippen molar-refractivity contribution < 1.29 is 38.1 Å². The summed E-state index contributed by atoms with van der Waals surface area (Å²) in [6, 6.07) is 14.0. The first-order valence-electron chi connectivity index (χ1n) is 8.73. The van der Waals surface area contributed by atoms with E-state index in [4.69, 9.17) is 27.0 Å². The second-order valence-electron chi connectivity index (χ2n) is 6.45. The van der Waals surface area contributed by atoms with E-state index >= 15 is 0 Å². The summed E-state index contributed by atoms with van der Waals surface area (Å²) in [4.78, 5) is 0. The van der Waals surface area contributed by atoms with E-state index in [9.17, 15) is 5.11 Å². The Balaban J connectivity index is 0.000000386. The minimum atomic E-state index is -5.17. The van der Waals surface area contributed by atoms with E-state index in [0.717, 1.165) is 50.5 Å². The predicted molar refractivity (Wildman–Crippen MR) is 104 cm³/mol. The largest absolute Gasteiger partial charge is 1.00 e. The van der Waals surface area contributed by atoms with Crippen LogP contribution in [-0.4, -0.2) is 29.4 Å². The van der Waals surface area contributed by atoms with Crippen molar-refractivity contribution in [2.45, 2.75) is 13.5 Å². The molecule has 0 fully saturated rings. The third-order valence-electron chi connectivity index (χ3n) is 4.77. The number of aryl methyl sites for hydroxylation is 1. The molecule has 29 heavy (non-hydrogen) atoms. The smallest absolute Gasteiger partial charge is 0.759 e. The lowest BCUT2D eigenvalue weighted by atomic mass is 10.00. The summed E-state index contributed by atoms with van der Waals surface area (Å²) in [7, 11) is -5.17. The van der Waals surface area contributed by atoms with Crippen LogP contribution in [0.2, 0.25) is 0 Å². The highest BCUT2D eigenvalue weighted by Gasteiger charge is 2.21. The number of aromatic hydroxyl groups is 1. The van der Waals surface area contributed by atoms with Gasteiger partial charge in [-0.2, -0.15) is 4.57 Å². The Hall–Kier alpha value is -3.14. The number of phenolic OH excluding ortho intramolecular Hbond substituents is 1. The summed E-state index contributed by atoms with van der Waals surface area (Å²) >= 11 is 0. The van der Waals surface area contributed by atoms with E-state index in [2.05, 4.69) is 35.8 Å². The molecule has 0 radical (unpaired) electrons. The van der Waals surface area contributed by atoms with Gasteiger partial charge in [0.15, 0.2) is 17.7 Å². The molecule has 0 unspecified atom stereocenters. The van der Waals surface area contributed by atoms with Crippen LogP contribution in [0.15, 0.2) is 48.7 Å². The van der Waals surface area contributed by atoms with Crippen molar-refractivity contribution >= 4 is 42.8 Å². The average molecular weight is 415 g/mol. The lowest BCUT2D eigenvalue weighted by Crippen LogP contribution is -2.33. The van der Waals surface area contributed by atoms with Crippen LogP contribution in [0, 0.1) is 0 Å². The molecule has 9 heteroatoms. The molecule has 0 saturated heterocycles. The molecular formula is C20H17NO7S. The average Bonchev–Trinajstić information content (AvgIpc) is 3.11. The lowest BCUT2D eigenvalue weighted by molar-refractivity contribution is -0.665. The minimum Gasteiger partial charge on any atom is -0.759 e. The molecule has 1 N–H and O–H groups in total. The van der Waals surface area contributed by atoms with E-state index in [-0.39, 0.29) is 8.22 Å². The highest BCUT2D eigenvalue weighted by atomic mass is 32.3. The van der Waals surface area contributed by atoms with Crippen molar-refractivity contribution in [2.75, 3.05) is 6.79 Å². The monoisotopic (exact) mass is 415 g/mol.